The molecule has 1 atom stereocenters. The molecule has 1 heterocycles. The van der Waals surface area contributed by atoms with Gasteiger partial charge in [0.15, 0.2) is 0 Å². The highest BCUT2D eigenvalue weighted by molar-refractivity contribution is 5.79. The number of amides is 1. The van der Waals surface area contributed by atoms with E-state index in [9.17, 15) is 9.90 Å². The van der Waals surface area contributed by atoms with E-state index in [1.807, 2.05) is 65.2 Å². The number of aryl methyl sites for hydroxylation is 1. The van der Waals surface area contributed by atoms with Gasteiger partial charge in [-0.1, -0.05) is 60.7 Å². The van der Waals surface area contributed by atoms with Gasteiger partial charge in [-0.25, -0.2) is 4.98 Å². The number of benzene rings is 2. The van der Waals surface area contributed by atoms with Crippen LogP contribution in [0.25, 0.3) is 22.5 Å². The highest BCUT2D eigenvalue weighted by Gasteiger charge is 2.15. The zero-order valence-corrected chi connectivity index (χ0v) is 14.8. The summed E-state index contributed by atoms with van der Waals surface area (Å²) in [6.45, 7) is 2.44. The first-order valence-electron chi connectivity index (χ1n) is 8.76. The van der Waals surface area contributed by atoms with Crippen molar-refractivity contribution in [2.24, 2.45) is 0 Å². The van der Waals surface area contributed by atoms with E-state index in [1.54, 1.807) is 13.3 Å². The Hall–Kier alpha value is -2.92. The molecular weight excluding hydrogens is 326 g/mol. The van der Waals surface area contributed by atoms with E-state index >= 15 is 0 Å². The second-order valence-corrected chi connectivity index (χ2v) is 6.27. The first-order chi connectivity index (χ1) is 12.6. The van der Waals surface area contributed by atoms with Crippen molar-refractivity contribution >= 4 is 5.91 Å². The Labute approximate surface area is 153 Å². The molecule has 5 nitrogen and oxygen atoms in total. The SMILES string of the molecule is CC(O)CNC(=O)CCn1cnc(-c2ccccc2)c1-c1ccccc1. The molecule has 3 rings (SSSR count). The van der Waals surface area contributed by atoms with Crippen LogP contribution in [0.5, 0.6) is 0 Å². The minimum Gasteiger partial charge on any atom is -0.392 e. The molecule has 0 bridgehead atoms. The van der Waals surface area contributed by atoms with Gasteiger partial charge in [-0.05, 0) is 6.92 Å². The molecule has 134 valence electrons. The van der Waals surface area contributed by atoms with E-state index in [1.165, 1.54) is 0 Å². The monoisotopic (exact) mass is 349 g/mol. The van der Waals surface area contributed by atoms with Crippen molar-refractivity contribution in [1.29, 1.82) is 0 Å². The van der Waals surface area contributed by atoms with Gasteiger partial charge in [0.25, 0.3) is 0 Å². The van der Waals surface area contributed by atoms with Crippen LogP contribution < -0.4 is 5.32 Å². The second kappa shape index (κ2) is 8.45. The van der Waals surface area contributed by atoms with E-state index < -0.39 is 6.10 Å². The Morgan fingerprint density at radius 2 is 1.69 bits per heavy atom. The molecule has 2 N–H and O–H groups in total. The molecule has 0 fully saturated rings. The van der Waals surface area contributed by atoms with Crippen molar-refractivity contribution < 1.29 is 9.90 Å². The molecule has 5 heteroatoms. The predicted octanol–water partition coefficient (Wildman–Crippen LogP) is 3.10. The van der Waals surface area contributed by atoms with Gasteiger partial charge in [-0.2, -0.15) is 0 Å². The molecule has 0 aliphatic carbocycles. The normalized spacial score (nSPS) is 11.9. The summed E-state index contributed by atoms with van der Waals surface area (Å²) in [4.78, 5) is 16.6. The largest absolute Gasteiger partial charge is 0.392 e. The summed E-state index contributed by atoms with van der Waals surface area (Å²) in [7, 11) is 0. The number of carbonyl (C=O) groups is 1. The van der Waals surface area contributed by atoms with Gasteiger partial charge in [0.2, 0.25) is 5.91 Å². The van der Waals surface area contributed by atoms with Crippen LogP contribution in [0.2, 0.25) is 0 Å². The third kappa shape index (κ3) is 4.37. The Balaban J connectivity index is 1.86. The zero-order valence-electron chi connectivity index (χ0n) is 14.8. The lowest BCUT2D eigenvalue weighted by atomic mass is 10.0. The van der Waals surface area contributed by atoms with Crippen LogP contribution in [0.3, 0.4) is 0 Å². The van der Waals surface area contributed by atoms with E-state index in [0.29, 0.717) is 13.0 Å². The van der Waals surface area contributed by atoms with Crippen molar-refractivity contribution in [3.8, 4) is 22.5 Å². The highest BCUT2D eigenvalue weighted by Crippen LogP contribution is 2.31. The summed E-state index contributed by atoms with van der Waals surface area (Å²) in [6.07, 6.45) is 1.57. The van der Waals surface area contributed by atoms with Crippen molar-refractivity contribution in [2.45, 2.75) is 26.0 Å². The number of nitrogens with one attached hydrogen (secondary N) is 1. The Morgan fingerprint density at radius 1 is 1.08 bits per heavy atom. The number of carbonyl (C=O) groups excluding carboxylic acids is 1. The van der Waals surface area contributed by atoms with Crippen molar-refractivity contribution in [3.05, 3.63) is 67.0 Å². The first kappa shape index (κ1) is 17.9. The zero-order chi connectivity index (χ0) is 18.4. The molecule has 1 unspecified atom stereocenters. The molecule has 0 radical (unpaired) electrons. The second-order valence-electron chi connectivity index (χ2n) is 6.27. The molecule has 0 aliphatic rings. The van der Waals surface area contributed by atoms with E-state index in [2.05, 4.69) is 10.3 Å². The molecule has 1 amide bonds. The van der Waals surface area contributed by atoms with Crippen LogP contribution in [-0.4, -0.2) is 33.2 Å². The first-order valence-corrected chi connectivity index (χ1v) is 8.76. The molecule has 0 saturated heterocycles. The smallest absolute Gasteiger partial charge is 0.221 e. The molecule has 0 spiro atoms. The fourth-order valence-electron chi connectivity index (χ4n) is 2.83. The number of hydrogen-bond donors (Lipinski definition) is 2. The van der Waals surface area contributed by atoms with Crippen LogP contribution >= 0.6 is 0 Å². The maximum absolute atomic E-state index is 12.0. The number of aliphatic hydroxyl groups excluding tert-OH is 1. The van der Waals surface area contributed by atoms with Crippen LogP contribution in [0.4, 0.5) is 0 Å². The molecule has 1 aromatic heterocycles. The highest BCUT2D eigenvalue weighted by atomic mass is 16.3. The van der Waals surface area contributed by atoms with Gasteiger partial charge >= 0.3 is 0 Å². The summed E-state index contributed by atoms with van der Waals surface area (Å²) in [5.41, 5.74) is 4.01. The topological polar surface area (TPSA) is 67.2 Å². The standard InChI is InChI=1S/C21H23N3O2/c1-16(25)14-22-19(26)12-13-24-15-23-20(17-8-4-2-5-9-17)21(24)18-10-6-3-7-11-18/h2-11,15-16,25H,12-14H2,1H3,(H,22,26). The number of aliphatic hydroxyl groups is 1. The van der Waals surface area contributed by atoms with E-state index in [0.717, 1.165) is 22.5 Å². The van der Waals surface area contributed by atoms with Gasteiger partial charge < -0.3 is 15.0 Å². The van der Waals surface area contributed by atoms with Gasteiger partial charge in [0.1, 0.15) is 0 Å². The fourth-order valence-corrected chi connectivity index (χ4v) is 2.83. The minimum atomic E-state index is -0.545. The van der Waals surface area contributed by atoms with Gasteiger partial charge in [0.05, 0.1) is 23.8 Å². The third-order valence-corrected chi connectivity index (χ3v) is 4.11. The molecule has 26 heavy (non-hydrogen) atoms. The van der Waals surface area contributed by atoms with Crippen LogP contribution in [0, 0.1) is 0 Å². The van der Waals surface area contributed by atoms with E-state index in [4.69, 9.17) is 0 Å². The molecule has 0 aliphatic heterocycles. The van der Waals surface area contributed by atoms with Crippen molar-refractivity contribution in [1.82, 2.24) is 14.9 Å². The average Bonchev–Trinajstić information content (AvgIpc) is 3.10. The molecule has 3 aromatic rings. The number of hydrogen-bond acceptors (Lipinski definition) is 3. The van der Waals surface area contributed by atoms with Crippen LogP contribution in [0.1, 0.15) is 13.3 Å². The van der Waals surface area contributed by atoms with Gasteiger partial charge in [0, 0.05) is 30.6 Å². The Bertz CT molecular complexity index is 842. The number of imidazole rings is 1. The maximum Gasteiger partial charge on any atom is 0.221 e. The third-order valence-electron chi connectivity index (χ3n) is 4.11. The molecule has 0 saturated carbocycles. The summed E-state index contributed by atoms with van der Waals surface area (Å²) < 4.78 is 2.01. The number of aromatic nitrogens is 2. The van der Waals surface area contributed by atoms with Crippen molar-refractivity contribution in [3.63, 3.8) is 0 Å². The number of rotatable bonds is 7. The summed E-state index contributed by atoms with van der Waals surface area (Å²) in [5, 5.41) is 12.0. The van der Waals surface area contributed by atoms with Gasteiger partial charge in [-0.15, -0.1) is 0 Å². The maximum atomic E-state index is 12.0. The molecular formula is C21H23N3O2. The summed E-state index contributed by atoms with van der Waals surface area (Å²) >= 11 is 0. The summed E-state index contributed by atoms with van der Waals surface area (Å²) in [5.74, 6) is -0.0835. The van der Waals surface area contributed by atoms with E-state index in [-0.39, 0.29) is 12.5 Å². The van der Waals surface area contributed by atoms with Crippen LogP contribution in [-0.2, 0) is 11.3 Å². The fraction of sp³-hybridized carbons (Fsp3) is 0.238. The minimum absolute atomic E-state index is 0.0835. The predicted molar refractivity (Wildman–Crippen MR) is 102 cm³/mol. The lowest BCUT2D eigenvalue weighted by Crippen LogP contribution is -2.31. The van der Waals surface area contributed by atoms with Crippen LogP contribution in [0.15, 0.2) is 67.0 Å². The van der Waals surface area contributed by atoms with Crippen molar-refractivity contribution in [2.75, 3.05) is 6.54 Å². The van der Waals surface area contributed by atoms with Gasteiger partial charge in [-0.3, -0.25) is 4.79 Å². The number of nitrogens with zero attached hydrogens (tertiary/aromatic N) is 2. The quantitative estimate of drug-likeness (QED) is 0.689. The summed E-state index contributed by atoms with van der Waals surface area (Å²) in [6, 6.07) is 20.1. The lowest BCUT2D eigenvalue weighted by Gasteiger charge is -2.11. The Morgan fingerprint density at radius 3 is 2.31 bits per heavy atom. The Kier molecular flexibility index (Phi) is 5.81. The lowest BCUT2D eigenvalue weighted by molar-refractivity contribution is -0.121. The average molecular weight is 349 g/mol. The molecule has 2 aromatic carbocycles.